The van der Waals surface area contributed by atoms with Crippen molar-refractivity contribution in [3.05, 3.63) is 51.4 Å². The van der Waals surface area contributed by atoms with Crippen molar-refractivity contribution in [1.82, 2.24) is 0 Å². The monoisotopic (exact) mass is 332 g/mol. The zero-order chi connectivity index (χ0) is 16.6. The van der Waals surface area contributed by atoms with E-state index in [1.54, 1.807) is 0 Å². The number of thiophene rings is 1. The van der Waals surface area contributed by atoms with Gasteiger partial charge in [0.2, 0.25) is 0 Å². The molecule has 0 saturated heterocycles. The Hall–Kier alpha value is -2.26. The lowest BCUT2D eigenvalue weighted by molar-refractivity contribution is 0.101. The Bertz CT molecular complexity index is 802. The lowest BCUT2D eigenvalue weighted by atomic mass is 9.88. The summed E-state index contributed by atoms with van der Waals surface area (Å²) in [5.74, 6) is -2.23. The number of fused-ring (bicyclic) bond motifs is 1. The minimum atomic E-state index is -0.920. The van der Waals surface area contributed by atoms with Gasteiger partial charge in [-0.1, -0.05) is 13.0 Å². The number of nitriles is 1. The highest BCUT2D eigenvalue weighted by atomic mass is 32.1. The fourth-order valence-corrected chi connectivity index (χ4v) is 4.03. The third-order valence-corrected chi connectivity index (χ3v) is 5.24. The molecule has 0 bridgehead atoms. The van der Waals surface area contributed by atoms with E-state index in [9.17, 15) is 18.8 Å². The number of rotatable bonds is 2. The maximum Gasteiger partial charge on any atom is 0.262 e. The highest BCUT2D eigenvalue weighted by Gasteiger charge is 2.26. The van der Waals surface area contributed by atoms with Crippen molar-refractivity contribution >= 4 is 22.2 Å². The molecule has 1 atom stereocenters. The molecule has 1 amide bonds. The molecule has 3 rings (SSSR count). The van der Waals surface area contributed by atoms with E-state index in [1.165, 1.54) is 17.4 Å². The molecule has 23 heavy (non-hydrogen) atoms. The largest absolute Gasteiger partial charge is 0.312 e. The van der Waals surface area contributed by atoms with Crippen molar-refractivity contribution in [3.63, 3.8) is 0 Å². The second-order valence-corrected chi connectivity index (χ2v) is 6.82. The average Bonchev–Trinajstić information content (AvgIpc) is 2.83. The second kappa shape index (κ2) is 6.09. The standard InChI is InChI=1S/C17H14F2N2OS/c1-9-5-6-14-10(7-9)11(8-20)17(23-14)21-16(22)15-12(18)3-2-4-13(15)19/h2-4,9H,5-7H2,1H3,(H,21,22)/t9-/m0/s1. The molecule has 1 aromatic heterocycles. The first kappa shape index (κ1) is 15.6. The number of aryl methyl sites for hydroxylation is 1. The van der Waals surface area contributed by atoms with Crippen LogP contribution in [0.5, 0.6) is 0 Å². The van der Waals surface area contributed by atoms with Crippen LogP contribution in [0.1, 0.15) is 39.7 Å². The summed E-state index contributed by atoms with van der Waals surface area (Å²) in [7, 11) is 0. The van der Waals surface area contributed by atoms with Gasteiger partial charge in [-0.05, 0) is 42.9 Å². The number of anilines is 1. The third-order valence-electron chi connectivity index (χ3n) is 4.04. The Kier molecular flexibility index (Phi) is 4.14. The number of hydrogen-bond donors (Lipinski definition) is 1. The summed E-state index contributed by atoms with van der Waals surface area (Å²) in [5, 5.41) is 12.3. The molecule has 1 aliphatic rings. The van der Waals surface area contributed by atoms with Crippen molar-refractivity contribution in [1.29, 1.82) is 5.26 Å². The van der Waals surface area contributed by atoms with E-state index in [4.69, 9.17) is 0 Å². The first-order chi connectivity index (χ1) is 11.0. The van der Waals surface area contributed by atoms with Gasteiger partial charge in [0.15, 0.2) is 0 Å². The van der Waals surface area contributed by atoms with Gasteiger partial charge in [0.25, 0.3) is 5.91 Å². The van der Waals surface area contributed by atoms with Gasteiger partial charge in [-0.2, -0.15) is 5.26 Å². The Labute approximate surface area is 136 Å². The van der Waals surface area contributed by atoms with E-state index in [0.29, 0.717) is 16.5 Å². The van der Waals surface area contributed by atoms with Crippen LogP contribution in [0.3, 0.4) is 0 Å². The summed E-state index contributed by atoms with van der Waals surface area (Å²) in [6.45, 7) is 2.12. The number of benzene rings is 1. The Morgan fingerprint density at radius 2 is 2.09 bits per heavy atom. The van der Waals surface area contributed by atoms with Crippen LogP contribution in [0.15, 0.2) is 18.2 Å². The van der Waals surface area contributed by atoms with Crippen molar-refractivity contribution < 1.29 is 13.6 Å². The van der Waals surface area contributed by atoms with Gasteiger partial charge in [-0.25, -0.2) is 8.78 Å². The predicted molar refractivity (Wildman–Crippen MR) is 84.5 cm³/mol. The highest BCUT2D eigenvalue weighted by molar-refractivity contribution is 7.16. The van der Waals surface area contributed by atoms with Crippen LogP contribution < -0.4 is 5.32 Å². The van der Waals surface area contributed by atoms with Crippen LogP contribution in [-0.2, 0) is 12.8 Å². The SMILES string of the molecule is C[C@H]1CCc2sc(NC(=O)c3c(F)cccc3F)c(C#N)c2C1. The topological polar surface area (TPSA) is 52.9 Å². The first-order valence-electron chi connectivity index (χ1n) is 7.31. The summed E-state index contributed by atoms with van der Waals surface area (Å²) >= 11 is 1.32. The van der Waals surface area contributed by atoms with Gasteiger partial charge in [-0.3, -0.25) is 4.79 Å². The van der Waals surface area contributed by atoms with Gasteiger partial charge in [-0.15, -0.1) is 11.3 Å². The molecular weight excluding hydrogens is 318 g/mol. The van der Waals surface area contributed by atoms with E-state index < -0.39 is 23.1 Å². The van der Waals surface area contributed by atoms with Crippen LogP contribution in [0.2, 0.25) is 0 Å². The number of halogens is 2. The van der Waals surface area contributed by atoms with Crippen molar-refractivity contribution in [2.75, 3.05) is 5.32 Å². The summed E-state index contributed by atoms with van der Waals surface area (Å²) in [6, 6.07) is 5.38. The number of carbonyl (C=O) groups excluding carboxylic acids is 1. The third kappa shape index (κ3) is 2.84. The van der Waals surface area contributed by atoms with Gasteiger partial charge in [0.05, 0.1) is 5.56 Å². The van der Waals surface area contributed by atoms with Crippen molar-refractivity contribution in [2.45, 2.75) is 26.2 Å². The average molecular weight is 332 g/mol. The summed E-state index contributed by atoms with van der Waals surface area (Å²) in [5.41, 5.74) is 0.748. The maximum atomic E-state index is 13.7. The molecule has 1 aromatic carbocycles. The van der Waals surface area contributed by atoms with Crippen LogP contribution in [0.25, 0.3) is 0 Å². The Morgan fingerprint density at radius 1 is 1.39 bits per heavy atom. The molecule has 0 radical (unpaired) electrons. The molecule has 0 unspecified atom stereocenters. The molecular formula is C17H14F2N2OS. The van der Waals surface area contributed by atoms with Gasteiger partial charge in [0.1, 0.15) is 28.3 Å². The molecule has 1 heterocycles. The van der Waals surface area contributed by atoms with E-state index in [1.807, 2.05) is 0 Å². The van der Waals surface area contributed by atoms with E-state index in [0.717, 1.165) is 41.8 Å². The van der Waals surface area contributed by atoms with E-state index in [2.05, 4.69) is 18.3 Å². The second-order valence-electron chi connectivity index (χ2n) is 5.72. The normalized spacial score (nSPS) is 16.5. The zero-order valence-corrected chi connectivity index (χ0v) is 13.3. The molecule has 0 saturated carbocycles. The lowest BCUT2D eigenvalue weighted by Crippen LogP contribution is -2.16. The highest BCUT2D eigenvalue weighted by Crippen LogP contribution is 2.39. The number of nitrogens with one attached hydrogen (secondary N) is 1. The number of hydrogen-bond acceptors (Lipinski definition) is 3. The van der Waals surface area contributed by atoms with Crippen molar-refractivity contribution in [3.8, 4) is 6.07 Å². The fraction of sp³-hybridized carbons (Fsp3) is 0.294. The molecule has 0 aliphatic heterocycles. The lowest BCUT2D eigenvalue weighted by Gasteiger charge is -2.17. The summed E-state index contributed by atoms with van der Waals surface area (Å²) in [6.07, 6.45) is 2.69. The first-order valence-corrected chi connectivity index (χ1v) is 8.13. The van der Waals surface area contributed by atoms with Crippen molar-refractivity contribution in [2.24, 2.45) is 5.92 Å². The van der Waals surface area contributed by atoms with Gasteiger partial charge < -0.3 is 5.32 Å². The number of nitrogens with zero attached hydrogens (tertiary/aromatic N) is 1. The quantitative estimate of drug-likeness (QED) is 0.892. The minimum Gasteiger partial charge on any atom is -0.312 e. The minimum absolute atomic E-state index is 0.374. The summed E-state index contributed by atoms with van der Waals surface area (Å²) in [4.78, 5) is 13.3. The zero-order valence-electron chi connectivity index (χ0n) is 12.5. The fourth-order valence-electron chi connectivity index (χ4n) is 2.84. The molecule has 0 spiro atoms. The maximum absolute atomic E-state index is 13.7. The molecule has 1 N–H and O–H groups in total. The Morgan fingerprint density at radius 3 is 2.74 bits per heavy atom. The molecule has 118 valence electrons. The number of amides is 1. The van der Waals surface area contributed by atoms with Crippen LogP contribution in [0, 0.1) is 28.9 Å². The van der Waals surface area contributed by atoms with E-state index in [-0.39, 0.29) is 0 Å². The van der Waals surface area contributed by atoms with Crippen LogP contribution in [-0.4, -0.2) is 5.91 Å². The molecule has 0 fully saturated rings. The van der Waals surface area contributed by atoms with Gasteiger partial charge in [0, 0.05) is 4.88 Å². The van der Waals surface area contributed by atoms with Crippen LogP contribution >= 0.6 is 11.3 Å². The van der Waals surface area contributed by atoms with Gasteiger partial charge >= 0.3 is 0 Å². The van der Waals surface area contributed by atoms with E-state index >= 15 is 0 Å². The molecule has 6 heteroatoms. The predicted octanol–water partition coefficient (Wildman–Crippen LogP) is 4.28. The molecule has 2 aromatic rings. The molecule has 3 nitrogen and oxygen atoms in total. The molecule has 1 aliphatic carbocycles. The van der Waals surface area contributed by atoms with Crippen LogP contribution in [0.4, 0.5) is 13.8 Å². The number of carbonyl (C=O) groups is 1. The summed E-state index contributed by atoms with van der Waals surface area (Å²) < 4.78 is 27.4. The Balaban J connectivity index is 1.95. The smallest absolute Gasteiger partial charge is 0.262 e.